The summed E-state index contributed by atoms with van der Waals surface area (Å²) in [5, 5.41) is 9.65. The van der Waals surface area contributed by atoms with Gasteiger partial charge in [0.2, 0.25) is 12.2 Å². The summed E-state index contributed by atoms with van der Waals surface area (Å²) in [4.78, 5) is 16.4. The fourth-order valence-corrected chi connectivity index (χ4v) is 3.96. The number of para-hydroxylation sites is 1. The fraction of sp³-hybridized carbons (Fsp3) is 0.185. The molecule has 1 aliphatic rings. The predicted molar refractivity (Wildman–Crippen MR) is 123 cm³/mol. The Hall–Kier alpha value is -3.90. The average Bonchev–Trinajstić information content (AvgIpc) is 3.23. The van der Waals surface area contributed by atoms with Crippen molar-refractivity contribution in [1.82, 2.24) is 4.98 Å². The topological polar surface area (TPSA) is 81.8 Å². The van der Waals surface area contributed by atoms with E-state index >= 15 is 0 Å². The minimum Gasteiger partial charge on any atom is -0.481 e. The molecule has 4 aromatic rings. The van der Waals surface area contributed by atoms with E-state index in [1.54, 1.807) is 0 Å². The second kappa shape index (κ2) is 8.92. The number of carboxylic acid groups (broad SMARTS) is 1. The predicted octanol–water partition coefficient (Wildman–Crippen LogP) is 5.50. The number of carbonyl (C=O) groups is 1. The Morgan fingerprint density at radius 3 is 2.39 bits per heavy atom. The van der Waals surface area contributed by atoms with Crippen LogP contribution >= 0.6 is 0 Å². The van der Waals surface area contributed by atoms with Gasteiger partial charge in [-0.25, -0.2) is 4.98 Å². The molecule has 2 heterocycles. The van der Waals surface area contributed by atoms with Gasteiger partial charge in [-0.15, -0.1) is 0 Å². The van der Waals surface area contributed by atoms with Crippen molar-refractivity contribution in [2.24, 2.45) is 5.92 Å². The summed E-state index contributed by atoms with van der Waals surface area (Å²) < 4.78 is 17.6. The van der Waals surface area contributed by atoms with Gasteiger partial charge in [-0.05, 0) is 48.2 Å². The van der Waals surface area contributed by atoms with Gasteiger partial charge in [0.05, 0.1) is 6.61 Å². The minimum atomic E-state index is -0.953. The lowest BCUT2D eigenvalue weighted by atomic mass is 9.95. The van der Waals surface area contributed by atoms with E-state index in [-0.39, 0.29) is 6.61 Å². The van der Waals surface area contributed by atoms with E-state index in [0.717, 1.165) is 22.3 Å². The average molecular weight is 441 g/mol. The maximum Gasteiger partial charge on any atom is 0.313 e. The van der Waals surface area contributed by atoms with Crippen molar-refractivity contribution in [2.75, 3.05) is 0 Å². The van der Waals surface area contributed by atoms with Gasteiger partial charge in [0.25, 0.3) is 0 Å². The second-order valence-electron chi connectivity index (χ2n) is 8.02. The highest BCUT2D eigenvalue weighted by molar-refractivity contribution is 5.71. The van der Waals surface area contributed by atoms with Gasteiger partial charge in [-0.3, -0.25) is 4.79 Å². The molecule has 0 aliphatic carbocycles. The number of carboxylic acids is 1. The van der Waals surface area contributed by atoms with Crippen LogP contribution in [0.15, 0.2) is 83.3 Å². The Balaban J connectivity index is 1.31. The molecule has 1 N–H and O–H groups in total. The van der Waals surface area contributed by atoms with Crippen LogP contribution in [-0.4, -0.2) is 22.3 Å². The van der Waals surface area contributed by atoms with E-state index in [9.17, 15) is 9.90 Å². The molecule has 3 aromatic carbocycles. The van der Waals surface area contributed by atoms with Crippen LogP contribution in [0.2, 0.25) is 0 Å². The van der Waals surface area contributed by atoms with Crippen molar-refractivity contribution in [3.63, 3.8) is 0 Å². The van der Waals surface area contributed by atoms with Gasteiger partial charge in [0.1, 0.15) is 23.1 Å². The molecule has 0 amide bonds. The molecule has 0 saturated carbocycles. The van der Waals surface area contributed by atoms with E-state index < -0.39 is 18.2 Å². The van der Waals surface area contributed by atoms with Crippen LogP contribution in [0.5, 0.6) is 5.75 Å². The number of hydrogen-bond acceptors (Lipinski definition) is 5. The minimum absolute atomic E-state index is 0.0913. The van der Waals surface area contributed by atoms with Gasteiger partial charge >= 0.3 is 5.97 Å². The first-order valence-electron chi connectivity index (χ1n) is 10.8. The molecule has 0 bridgehead atoms. The van der Waals surface area contributed by atoms with Gasteiger partial charge < -0.3 is 19.0 Å². The standard InChI is InChI=1S/C27H23NO5/c1-17-23(16-31-27-22(26(29)30)15-21-9-5-6-10-24(21)33-27)28-25(32-17)20-13-11-19(12-14-20)18-7-3-2-4-8-18/h2-14,22,27H,15-16H2,1H3,(H,29,30). The van der Waals surface area contributed by atoms with Crippen LogP contribution in [0.3, 0.4) is 0 Å². The lowest BCUT2D eigenvalue weighted by Gasteiger charge is -2.30. The monoisotopic (exact) mass is 441 g/mol. The highest BCUT2D eigenvalue weighted by atomic mass is 16.7. The number of aromatic nitrogens is 1. The zero-order valence-corrected chi connectivity index (χ0v) is 18.1. The third kappa shape index (κ3) is 4.38. The maximum atomic E-state index is 11.8. The summed E-state index contributed by atoms with van der Waals surface area (Å²) in [5.74, 6) is 0.0226. The van der Waals surface area contributed by atoms with Crippen LogP contribution in [-0.2, 0) is 22.6 Å². The van der Waals surface area contributed by atoms with Gasteiger partial charge in [-0.1, -0.05) is 60.7 Å². The lowest BCUT2D eigenvalue weighted by Crippen LogP contribution is -2.39. The van der Waals surface area contributed by atoms with Crippen molar-refractivity contribution in [2.45, 2.75) is 26.2 Å². The lowest BCUT2D eigenvalue weighted by molar-refractivity contribution is -0.169. The van der Waals surface area contributed by atoms with Crippen molar-refractivity contribution < 1.29 is 23.8 Å². The summed E-state index contributed by atoms with van der Waals surface area (Å²) in [6, 6.07) is 25.6. The molecular formula is C27H23NO5. The van der Waals surface area contributed by atoms with E-state index in [4.69, 9.17) is 13.9 Å². The molecular weight excluding hydrogens is 418 g/mol. The number of rotatable bonds is 6. The number of aliphatic carboxylic acids is 1. The van der Waals surface area contributed by atoms with E-state index in [2.05, 4.69) is 17.1 Å². The molecule has 6 heteroatoms. The Morgan fingerprint density at radius 1 is 0.970 bits per heavy atom. The zero-order valence-electron chi connectivity index (χ0n) is 18.1. The molecule has 0 spiro atoms. The number of nitrogens with zero attached hydrogens (tertiary/aromatic N) is 1. The molecule has 2 unspecified atom stereocenters. The second-order valence-corrected chi connectivity index (χ2v) is 8.02. The Morgan fingerprint density at radius 2 is 1.64 bits per heavy atom. The van der Waals surface area contributed by atoms with E-state index in [1.807, 2.05) is 73.7 Å². The molecule has 0 radical (unpaired) electrons. The SMILES string of the molecule is Cc1oc(-c2ccc(-c3ccccc3)cc2)nc1COC1Oc2ccccc2CC1C(=O)O. The van der Waals surface area contributed by atoms with Gasteiger partial charge in [0, 0.05) is 5.56 Å². The Labute approximate surface area is 191 Å². The van der Waals surface area contributed by atoms with Gasteiger partial charge in [-0.2, -0.15) is 0 Å². The van der Waals surface area contributed by atoms with Crippen molar-refractivity contribution >= 4 is 5.97 Å². The van der Waals surface area contributed by atoms with Gasteiger partial charge in [0.15, 0.2) is 0 Å². The molecule has 0 saturated heterocycles. The summed E-state index contributed by atoms with van der Waals surface area (Å²) >= 11 is 0. The highest BCUT2D eigenvalue weighted by Gasteiger charge is 2.36. The van der Waals surface area contributed by atoms with Crippen molar-refractivity contribution in [3.05, 3.63) is 95.9 Å². The van der Waals surface area contributed by atoms with Crippen molar-refractivity contribution in [3.8, 4) is 28.3 Å². The summed E-state index contributed by atoms with van der Waals surface area (Å²) in [5.41, 5.74) is 4.59. The maximum absolute atomic E-state index is 11.8. The normalized spacial score (nSPS) is 17.2. The Bertz CT molecular complexity index is 1260. The van der Waals surface area contributed by atoms with Crippen LogP contribution < -0.4 is 4.74 Å². The quantitative estimate of drug-likeness (QED) is 0.426. The number of fused-ring (bicyclic) bond motifs is 1. The third-order valence-corrected chi connectivity index (χ3v) is 5.82. The summed E-state index contributed by atoms with van der Waals surface area (Å²) in [7, 11) is 0. The van der Waals surface area contributed by atoms with Crippen LogP contribution in [0.1, 0.15) is 17.0 Å². The number of ether oxygens (including phenoxy) is 2. The van der Waals surface area contributed by atoms with Crippen LogP contribution in [0.25, 0.3) is 22.6 Å². The first kappa shape index (κ1) is 21.0. The summed E-state index contributed by atoms with van der Waals surface area (Å²) in [6.45, 7) is 1.91. The molecule has 1 aliphatic heterocycles. The fourth-order valence-electron chi connectivity index (χ4n) is 3.96. The molecule has 2 atom stereocenters. The molecule has 0 fully saturated rings. The highest BCUT2D eigenvalue weighted by Crippen LogP contribution is 2.32. The molecule has 166 valence electrons. The first-order chi connectivity index (χ1) is 16.1. The third-order valence-electron chi connectivity index (χ3n) is 5.82. The number of oxazole rings is 1. The first-order valence-corrected chi connectivity index (χ1v) is 10.8. The van der Waals surface area contributed by atoms with Crippen molar-refractivity contribution in [1.29, 1.82) is 0 Å². The van der Waals surface area contributed by atoms with Crippen LogP contribution in [0, 0.1) is 12.8 Å². The molecule has 1 aromatic heterocycles. The molecule has 33 heavy (non-hydrogen) atoms. The number of benzene rings is 3. The smallest absolute Gasteiger partial charge is 0.313 e. The number of hydrogen-bond donors (Lipinski definition) is 1. The van der Waals surface area contributed by atoms with Crippen LogP contribution in [0.4, 0.5) is 0 Å². The zero-order chi connectivity index (χ0) is 22.8. The molecule has 5 rings (SSSR count). The van der Waals surface area contributed by atoms with E-state index in [1.165, 1.54) is 0 Å². The Kier molecular flexibility index (Phi) is 5.67. The summed E-state index contributed by atoms with van der Waals surface area (Å²) in [6.07, 6.45) is -0.547. The largest absolute Gasteiger partial charge is 0.481 e. The van der Waals surface area contributed by atoms with E-state index in [0.29, 0.717) is 29.5 Å². The number of aryl methyl sites for hydroxylation is 1. The molecule has 6 nitrogen and oxygen atoms in total.